The summed E-state index contributed by atoms with van der Waals surface area (Å²) < 4.78 is 68.2. The van der Waals surface area contributed by atoms with Crippen molar-refractivity contribution in [1.82, 2.24) is 0 Å². The molecule has 0 saturated carbocycles. The van der Waals surface area contributed by atoms with Gasteiger partial charge in [-0.3, -0.25) is 4.79 Å². The largest absolute Gasteiger partial charge is 1.00 e. The van der Waals surface area contributed by atoms with Crippen LogP contribution in [0, 0.1) is 6.07 Å². The van der Waals surface area contributed by atoms with Crippen LogP contribution in [0.5, 0.6) is 0 Å². The van der Waals surface area contributed by atoms with Crippen molar-refractivity contribution in [3.8, 4) is 0 Å². The Hall–Kier alpha value is 1.28. The van der Waals surface area contributed by atoms with E-state index in [2.05, 4.69) is 11.4 Å². The van der Waals surface area contributed by atoms with E-state index in [1.165, 1.54) is 12.1 Å². The number of anilines is 1. The summed E-state index contributed by atoms with van der Waals surface area (Å²) in [7, 11) is -10.1. The van der Waals surface area contributed by atoms with Crippen molar-refractivity contribution >= 4 is 54.2 Å². The van der Waals surface area contributed by atoms with Crippen LogP contribution < -0.4 is 94.0 Å². The average Bonchev–Trinajstić information content (AvgIpc) is 2.50. The molecule has 1 N–H and O–H groups in total. The number of halogens is 1. The number of alkyl halides is 1. The Labute approximate surface area is 234 Å². The quantitative estimate of drug-likeness (QED) is 0.190. The normalized spacial score (nSPS) is 11.0. The van der Waals surface area contributed by atoms with Crippen LogP contribution in [0.25, 0.3) is 10.8 Å². The van der Waals surface area contributed by atoms with E-state index in [-0.39, 0.29) is 117 Å². The first-order valence-corrected chi connectivity index (χ1v) is 10.1. The van der Waals surface area contributed by atoms with Gasteiger partial charge >= 0.3 is 88.7 Å². The molecule has 0 aliphatic heterocycles. The van der Waals surface area contributed by atoms with Crippen molar-refractivity contribution in [1.29, 1.82) is 0 Å². The van der Waals surface area contributed by atoms with Gasteiger partial charge < -0.3 is 14.4 Å². The van der Waals surface area contributed by atoms with Gasteiger partial charge in [0, 0.05) is 22.1 Å². The Bertz CT molecular complexity index is 1050. The number of rotatable bonds is 6. The third-order valence-corrected chi connectivity index (χ3v) is 5.15. The Morgan fingerprint density at radius 3 is 2.14 bits per heavy atom. The maximum absolute atomic E-state index is 11.8. The molecule has 14 heteroatoms. The number of benzene rings is 2. The van der Waals surface area contributed by atoms with Gasteiger partial charge in [-0.25, -0.2) is 16.8 Å². The maximum Gasteiger partial charge on any atom is 1.00 e. The molecule has 2 aromatic carbocycles. The molecular formula is C14H11ClNNa3O7S2. The fourth-order valence-corrected chi connectivity index (χ4v) is 3.67. The Balaban J connectivity index is 0. The van der Waals surface area contributed by atoms with Crippen LogP contribution in [0.3, 0.4) is 0 Å². The Morgan fingerprint density at radius 2 is 1.64 bits per heavy atom. The molecule has 0 spiro atoms. The van der Waals surface area contributed by atoms with E-state index < -0.39 is 35.9 Å². The van der Waals surface area contributed by atoms with Crippen LogP contribution in [0.1, 0.15) is 12.8 Å². The summed E-state index contributed by atoms with van der Waals surface area (Å²) in [6, 6.07) is 6.43. The van der Waals surface area contributed by atoms with E-state index in [1.54, 1.807) is 0 Å². The summed E-state index contributed by atoms with van der Waals surface area (Å²) in [6.07, 6.45) is 0.444. The fraction of sp³-hybridized carbons (Fsp3) is 0.214. The molecule has 0 aliphatic carbocycles. The molecule has 8 nitrogen and oxygen atoms in total. The van der Waals surface area contributed by atoms with E-state index >= 15 is 0 Å². The van der Waals surface area contributed by atoms with E-state index in [4.69, 9.17) is 11.6 Å². The molecule has 0 aliphatic rings. The predicted octanol–water partition coefficient (Wildman–Crippen LogP) is -7.58. The zero-order valence-corrected chi connectivity index (χ0v) is 23.9. The van der Waals surface area contributed by atoms with Crippen LogP contribution in [0.15, 0.2) is 34.1 Å². The van der Waals surface area contributed by atoms with Gasteiger partial charge in [0.2, 0.25) is 5.91 Å². The van der Waals surface area contributed by atoms with Gasteiger partial charge in [-0.15, -0.1) is 17.0 Å². The summed E-state index contributed by atoms with van der Waals surface area (Å²) in [5.41, 5.74) is -0.0404. The molecular weight excluding hydrogens is 463 g/mol. The van der Waals surface area contributed by atoms with E-state index in [9.17, 15) is 30.7 Å². The van der Waals surface area contributed by atoms with Crippen molar-refractivity contribution in [2.45, 2.75) is 22.6 Å². The van der Waals surface area contributed by atoms with Crippen molar-refractivity contribution in [3.05, 3.63) is 30.3 Å². The zero-order chi connectivity index (χ0) is 18.8. The second kappa shape index (κ2) is 13.0. The molecule has 28 heavy (non-hydrogen) atoms. The number of nitrogens with one attached hydrogen (secondary N) is 1. The molecule has 0 aromatic heterocycles. The molecule has 2 aromatic rings. The first-order valence-electron chi connectivity index (χ1n) is 6.79. The summed E-state index contributed by atoms with van der Waals surface area (Å²) in [6.45, 7) is 0. The summed E-state index contributed by atoms with van der Waals surface area (Å²) >= 11 is 5.50. The molecule has 0 radical (unpaired) electrons. The van der Waals surface area contributed by atoms with Crippen LogP contribution in [0.2, 0.25) is 0 Å². The summed E-state index contributed by atoms with van der Waals surface area (Å²) in [4.78, 5) is 10.1. The minimum Gasteiger partial charge on any atom is -0.744 e. The molecule has 0 fully saturated rings. The van der Waals surface area contributed by atoms with Crippen molar-refractivity contribution in [3.63, 3.8) is 0 Å². The van der Waals surface area contributed by atoms with Crippen LogP contribution in [-0.4, -0.2) is 37.7 Å². The SMILES string of the molecule is O=C(CCCCl)Nc1c[c-]cc2cc(S(=O)(=O)[O-])cc(S(=O)(=O)[O-])c12.[Na+].[Na+].[Na+]. The maximum atomic E-state index is 11.8. The van der Waals surface area contributed by atoms with Crippen LogP contribution in [-0.2, 0) is 25.0 Å². The number of hydrogen-bond acceptors (Lipinski definition) is 7. The van der Waals surface area contributed by atoms with E-state index in [0.29, 0.717) is 12.5 Å². The standard InChI is InChI=1S/C14H13ClNO7S2.3Na/c15-6-2-5-13(17)16-11-4-1-3-9-7-10(24(18,19)20)8-12(14(9)11)25(21,22)23;;;/h3-4,7-8H,2,5-6H2,(H,16,17)(H,18,19,20)(H,21,22,23);;;/q-1;3*+1/p-2. The average molecular weight is 474 g/mol. The third kappa shape index (κ3) is 8.43. The molecule has 136 valence electrons. The van der Waals surface area contributed by atoms with Crippen molar-refractivity contribution in [2.24, 2.45) is 0 Å². The van der Waals surface area contributed by atoms with Gasteiger partial charge in [0.05, 0.1) is 0 Å². The number of carbonyl (C=O) groups excluding carboxylic acids is 1. The second-order valence-electron chi connectivity index (χ2n) is 5.00. The topological polar surface area (TPSA) is 144 Å². The van der Waals surface area contributed by atoms with Gasteiger partial charge in [0.1, 0.15) is 20.2 Å². The van der Waals surface area contributed by atoms with Gasteiger partial charge in [-0.2, -0.15) is 18.2 Å². The van der Waals surface area contributed by atoms with Gasteiger partial charge in [-0.05, 0) is 12.5 Å². The minimum absolute atomic E-state index is 0. The smallest absolute Gasteiger partial charge is 0.744 e. The number of carbonyl (C=O) groups is 1. The van der Waals surface area contributed by atoms with Crippen LogP contribution >= 0.6 is 11.6 Å². The Kier molecular flexibility index (Phi) is 14.6. The molecule has 0 saturated heterocycles. The van der Waals surface area contributed by atoms with Crippen LogP contribution in [0.4, 0.5) is 5.69 Å². The van der Waals surface area contributed by atoms with E-state index in [0.717, 1.165) is 6.07 Å². The second-order valence-corrected chi connectivity index (χ2v) is 8.11. The van der Waals surface area contributed by atoms with Gasteiger partial charge in [0.15, 0.2) is 0 Å². The number of amides is 1. The first kappa shape index (κ1) is 31.5. The predicted molar refractivity (Wildman–Crippen MR) is 87.3 cm³/mol. The Morgan fingerprint density at radius 1 is 1.04 bits per heavy atom. The third-order valence-electron chi connectivity index (χ3n) is 3.21. The summed E-state index contributed by atoms with van der Waals surface area (Å²) in [5, 5.41) is 2.20. The zero-order valence-electron chi connectivity index (χ0n) is 15.5. The van der Waals surface area contributed by atoms with E-state index in [1.807, 2.05) is 0 Å². The van der Waals surface area contributed by atoms with Crippen molar-refractivity contribution < 1.29 is 119 Å². The van der Waals surface area contributed by atoms with Crippen molar-refractivity contribution in [2.75, 3.05) is 11.2 Å². The van der Waals surface area contributed by atoms with Gasteiger partial charge in [0.25, 0.3) is 0 Å². The molecule has 0 heterocycles. The first-order chi connectivity index (χ1) is 11.5. The molecule has 0 atom stereocenters. The number of fused-ring (bicyclic) bond motifs is 1. The minimum atomic E-state index is -5.13. The molecule has 2 rings (SSSR count). The molecule has 0 unspecified atom stereocenters. The monoisotopic (exact) mass is 473 g/mol. The fourth-order valence-electron chi connectivity index (χ4n) is 2.18. The van der Waals surface area contributed by atoms with Gasteiger partial charge in [-0.1, -0.05) is 17.1 Å². The molecule has 1 amide bonds. The molecule has 0 bridgehead atoms. The number of hydrogen-bond donors (Lipinski definition) is 1. The summed E-state index contributed by atoms with van der Waals surface area (Å²) in [5.74, 6) is -0.226.